The second-order valence-electron chi connectivity index (χ2n) is 8.62. The fourth-order valence-corrected chi connectivity index (χ4v) is 5.46. The molecule has 1 aromatic carbocycles. The van der Waals surface area contributed by atoms with Crippen LogP contribution < -0.4 is 5.32 Å². The molecule has 4 atom stereocenters. The van der Waals surface area contributed by atoms with Gasteiger partial charge in [-0.1, -0.05) is 13.0 Å². The number of fused-ring (bicyclic) bond motifs is 3. The Morgan fingerprint density at radius 3 is 2.83 bits per heavy atom. The van der Waals surface area contributed by atoms with Crippen LogP contribution in [-0.2, 0) is 5.41 Å². The minimum atomic E-state index is -0.580. The number of nitrogens with one attached hydrogen (secondary N) is 1. The molecule has 5 nitrogen and oxygen atoms in total. The monoisotopic (exact) mass is 394 g/mol. The number of carbonyl (C=O) groups is 1. The molecule has 1 amide bonds. The number of aliphatic hydroxyl groups excluding tert-OH is 2. The molecule has 2 aliphatic carbocycles. The normalized spacial score (nSPS) is 28.8. The molecular formula is C24H30N2O3. The van der Waals surface area contributed by atoms with Gasteiger partial charge in [0.15, 0.2) is 0 Å². The van der Waals surface area contributed by atoms with Crippen molar-refractivity contribution in [2.24, 2.45) is 5.92 Å². The van der Waals surface area contributed by atoms with Gasteiger partial charge >= 0.3 is 0 Å². The fourth-order valence-electron chi connectivity index (χ4n) is 5.46. The van der Waals surface area contributed by atoms with Crippen LogP contribution in [0.15, 0.2) is 36.5 Å². The van der Waals surface area contributed by atoms with Gasteiger partial charge in [0.25, 0.3) is 5.91 Å². The number of aryl methyl sites for hydroxylation is 1. The number of nitrogens with zero attached hydrogens (tertiary/aromatic N) is 1. The molecule has 2 aromatic rings. The average molecular weight is 395 g/mol. The van der Waals surface area contributed by atoms with E-state index in [1.54, 1.807) is 12.3 Å². The lowest BCUT2D eigenvalue weighted by atomic mass is 9.59. The number of aliphatic hydroxyl groups is 2. The van der Waals surface area contributed by atoms with Gasteiger partial charge in [0.2, 0.25) is 0 Å². The van der Waals surface area contributed by atoms with Gasteiger partial charge in [0, 0.05) is 11.8 Å². The maximum Gasteiger partial charge on any atom is 0.255 e. The molecule has 0 spiro atoms. The highest BCUT2D eigenvalue weighted by molar-refractivity contribution is 6.04. The van der Waals surface area contributed by atoms with Crippen molar-refractivity contribution in [2.45, 2.75) is 70.0 Å². The number of benzene rings is 1. The minimum absolute atomic E-state index is 0.0268. The van der Waals surface area contributed by atoms with Crippen LogP contribution in [0.3, 0.4) is 0 Å². The number of rotatable bonds is 3. The SMILES string of the molecule is CCC12CCC(O)CC1CCC(O)c1cc(C(=O)Nc3cccnc3C)ccc12. The third kappa shape index (κ3) is 3.58. The first kappa shape index (κ1) is 20.0. The number of aromatic nitrogens is 1. The lowest BCUT2D eigenvalue weighted by molar-refractivity contribution is 0.0424. The van der Waals surface area contributed by atoms with Crippen molar-refractivity contribution in [3.8, 4) is 0 Å². The minimum Gasteiger partial charge on any atom is -0.393 e. The zero-order valence-corrected chi connectivity index (χ0v) is 17.2. The summed E-state index contributed by atoms with van der Waals surface area (Å²) in [6.07, 6.45) is 5.93. The molecule has 1 fully saturated rings. The molecule has 5 heteroatoms. The molecule has 29 heavy (non-hydrogen) atoms. The average Bonchev–Trinajstić information content (AvgIpc) is 2.84. The van der Waals surface area contributed by atoms with Gasteiger partial charge in [0.1, 0.15) is 0 Å². The summed E-state index contributed by atoms with van der Waals surface area (Å²) in [6, 6.07) is 9.42. The summed E-state index contributed by atoms with van der Waals surface area (Å²) in [5, 5.41) is 24.1. The van der Waals surface area contributed by atoms with Gasteiger partial charge in [-0.15, -0.1) is 0 Å². The lowest BCUT2D eigenvalue weighted by Crippen LogP contribution is -2.41. The second kappa shape index (κ2) is 7.88. The first-order valence-corrected chi connectivity index (χ1v) is 10.7. The Labute approximate surface area is 172 Å². The molecule has 0 aliphatic heterocycles. The number of carbonyl (C=O) groups excluding carboxylic acids is 1. The van der Waals surface area contributed by atoms with Gasteiger partial charge in [-0.05, 0) is 92.2 Å². The van der Waals surface area contributed by atoms with E-state index in [1.165, 1.54) is 0 Å². The van der Waals surface area contributed by atoms with Gasteiger partial charge in [-0.2, -0.15) is 0 Å². The largest absolute Gasteiger partial charge is 0.393 e. The van der Waals surface area contributed by atoms with Crippen LogP contribution in [0.5, 0.6) is 0 Å². The summed E-state index contributed by atoms with van der Waals surface area (Å²) in [4.78, 5) is 17.1. The summed E-state index contributed by atoms with van der Waals surface area (Å²) in [6.45, 7) is 4.07. The van der Waals surface area contributed by atoms with E-state index >= 15 is 0 Å². The predicted octanol–water partition coefficient (Wildman–Crippen LogP) is 4.28. The van der Waals surface area contributed by atoms with Crippen LogP contribution in [0.4, 0.5) is 5.69 Å². The van der Waals surface area contributed by atoms with Gasteiger partial charge in [0.05, 0.1) is 23.6 Å². The number of hydrogen-bond donors (Lipinski definition) is 3. The first-order valence-electron chi connectivity index (χ1n) is 10.7. The number of hydrogen-bond acceptors (Lipinski definition) is 4. The van der Waals surface area contributed by atoms with Crippen molar-refractivity contribution in [1.82, 2.24) is 4.98 Å². The highest BCUT2D eigenvalue weighted by Crippen LogP contribution is 2.53. The Morgan fingerprint density at radius 1 is 1.24 bits per heavy atom. The van der Waals surface area contributed by atoms with Crippen LogP contribution in [0.1, 0.15) is 78.7 Å². The molecule has 0 saturated heterocycles. The van der Waals surface area contributed by atoms with Crippen LogP contribution in [0, 0.1) is 12.8 Å². The summed E-state index contributed by atoms with van der Waals surface area (Å²) in [5.41, 5.74) is 4.02. The molecule has 0 bridgehead atoms. The Hall–Kier alpha value is -2.24. The van der Waals surface area contributed by atoms with E-state index in [9.17, 15) is 15.0 Å². The van der Waals surface area contributed by atoms with E-state index in [2.05, 4.69) is 17.2 Å². The molecule has 1 saturated carbocycles. The van der Waals surface area contributed by atoms with Gasteiger partial charge in [-0.3, -0.25) is 9.78 Å². The van der Waals surface area contributed by atoms with E-state index in [0.29, 0.717) is 23.6 Å². The van der Waals surface area contributed by atoms with E-state index in [0.717, 1.165) is 48.9 Å². The Balaban J connectivity index is 1.70. The maximum absolute atomic E-state index is 12.9. The molecular weight excluding hydrogens is 364 g/mol. The Bertz CT molecular complexity index is 913. The first-order chi connectivity index (χ1) is 13.9. The van der Waals surface area contributed by atoms with Crippen LogP contribution in [0.25, 0.3) is 0 Å². The van der Waals surface area contributed by atoms with Crippen molar-refractivity contribution < 1.29 is 15.0 Å². The quantitative estimate of drug-likeness (QED) is 0.726. The molecule has 1 heterocycles. The smallest absolute Gasteiger partial charge is 0.255 e. The topological polar surface area (TPSA) is 82.5 Å². The molecule has 0 radical (unpaired) electrons. The third-order valence-electron chi connectivity index (χ3n) is 7.15. The van der Waals surface area contributed by atoms with Crippen LogP contribution in [0.2, 0.25) is 0 Å². The van der Waals surface area contributed by atoms with Crippen molar-refractivity contribution in [2.75, 3.05) is 5.32 Å². The predicted molar refractivity (Wildman–Crippen MR) is 113 cm³/mol. The third-order valence-corrected chi connectivity index (χ3v) is 7.15. The second-order valence-corrected chi connectivity index (χ2v) is 8.62. The zero-order chi connectivity index (χ0) is 20.6. The number of amides is 1. The van der Waals surface area contributed by atoms with Gasteiger partial charge in [-0.25, -0.2) is 0 Å². The molecule has 4 unspecified atom stereocenters. The van der Waals surface area contributed by atoms with E-state index in [4.69, 9.17) is 0 Å². The standard InChI is InChI=1S/C24H30N2O3/c1-3-24-11-10-18(27)14-17(24)7-9-22(28)19-13-16(6-8-20(19)24)23(29)26-21-5-4-12-25-15(21)2/h4-6,8,12-13,17-18,22,27-28H,3,7,9-11,14H2,1-2H3,(H,26,29). The molecule has 3 N–H and O–H groups in total. The highest BCUT2D eigenvalue weighted by atomic mass is 16.3. The Kier molecular flexibility index (Phi) is 5.45. The molecule has 2 aliphatic rings. The summed E-state index contributed by atoms with van der Waals surface area (Å²) < 4.78 is 0. The number of anilines is 1. The maximum atomic E-state index is 12.9. The molecule has 4 rings (SSSR count). The zero-order valence-electron chi connectivity index (χ0n) is 17.2. The van der Waals surface area contributed by atoms with E-state index in [1.807, 2.05) is 31.2 Å². The molecule has 154 valence electrons. The van der Waals surface area contributed by atoms with E-state index in [-0.39, 0.29) is 17.4 Å². The fraction of sp³-hybridized carbons (Fsp3) is 0.500. The summed E-state index contributed by atoms with van der Waals surface area (Å²) >= 11 is 0. The van der Waals surface area contributed by atoms with Gasteiger partial charge < -0.3 is 15.5 Å². The van der Waals surface area contributed by atoms with Crippen LogP contribution in [-0.4, -0.2) is 27.2 Å². The molecule has 1 aromatic heterocycles. The van der Waals surface area contributed by atoms with Crippen molar-refractivity contribution >= 4 is 11.6 Å². The summed E-state index contributed by atoms with van der Waals surface area (Å²) in [7, 11) is 0. The number of pyridine rings is 1. The van der Waals surface area contributed by atoms with Crippen molar-refractivity contribution in [3.05, 3.63) is 58.9 Å². The van der Waals surface area contributed by atoms with E-state index < -0.39 is 6.10 Å². The van der Waals surface area contributed by atoms with Crippen molar-refractivity contribution in [1.29, 1.82) is 0 Å². The van der Waals surface area contributed by atoms with Crippen LogP contribution >= 0.6 is 0 Å². The van der Waals surface area contributed by atoms with Crippen molar-refractivity contribution in [3.63, 3.8) is 0 Å². The highest BCUT2D eigenvalue weighted by Gasteiger charge is 2.46. The summed E-state index contributed by atoms with van der Waals surface area (Å²) in [5.74, 6) is 0.173. The lowest BCUT2D eigenvalue weighted by Gasteiger charge is -2.46. The Morgan fingerprint density at radius 2 is 2.07 bits per heavy atom.